The largest absolute Gasteiger partial charge is 0.385 e. The number of carbonyl (C=O) groups excluding carboxylic acids is 1. The maximum atomic E-state index is 12.8. The third-order valence-electron chi connectivity index (χ3n) is 4.99. The number of hydrogen-bond donors (Lipinski definition) is 1. The van der Waals surface area contributed by atoms with Crippen molar-refractivity contribution in [2.45, 2.75) is 25.0 Å². The van der Waals surface area contributed by atoms with Gasteiger partial charge in [0, 0.05) is 31.9 Å². The third kappa shape index (κ3) is 5.67. The van der Waals surface area contributed by atoms with Crippen molar-refractivity contribution in [3.63, 3.8) is 0 Å². The molecule has 0 aliphatic heterocycles. The number of aromatic nitrogens is 5. The maximum absolute atomic E-state index is 12.8. The van der Waals surface area contributed by atoms with Gasteiger partial charge >= 0.3 is 0 Å². The van der Waals surface area contributed by atoms with Gasteiger partial charge in [-0.3, -0.25) is 4.79 Å². The van der Waals surface area contributed by atoms with Crippen LogP contribution in [0.5, 0.6) is 0 Å². The second-order valence-electron chi connectivity index (χ2n) is 7.54. The van der Waals surface area contributed by atoms with Crippen LogP contribution in [-0.2, 0) is 16.1 Å². The van der Waals surface area contributed by atoms with Crippen molar-refractivity contribution < 1.29 is 9.53 Å². The van der Waals surface area contributed by atoms with Crippen LogP contribution >= 0.6 is 23.4 Å². The monoisotopic (exact) mass is 496 g/mol. The molecule has 1 amide bonds. The highest BCUT2D eigenvalue weighted by atomic mass is 35.5. The Kier molecular flexibility index (Phi) is 7.99. The Bertz CT molecular complexity index is 1260. The fourth-order valence-corrected chi connectivity index (χ4v) is 4.45. The number of rotatable bonds is 10. The lowest BCUT2D eigenvalue weighted by Crippen LogP contribution is -2.17. The van der Waals surface area contributed by atoms with E-state index >= 15 is 0 Å². The molecule has 0 atom stereocenters. The first-order chi connectivity index (χ1) is 16.6. The minimum atomic E-state index is -0.159. The van der Waals surface area contributed by atoms with Gasteiger partial charge in [0.15, 0.2) is 11.0 Å². The van der Waals surface area contributed by atoms with E-state index in [4.69, 9.17) is 16.3 Å². The van der Waals surface area contributed by atoms with E-state index in [1.54, 1.807) is 11.8 Å². The van der Waals surface area contributed by atoms with Gasteiger partial charge in [-0.05, 0) is 37.6 Å². The van der Waals surface area contributed by atoms with Crippen molar-refractivity contribution in [3.05, 3.63) is 71.4 Å². The zero-order chi connectivity index (χ0) is 23.9. The molecule has 2 aromatic carbocycles. The van der Waals surface area contributed by atoms with Crippen molar-refractivity contribution in [2.75, 3.05) is 24.8 Å². The molecule has 0 fully saturated rings. The number of methoxy groups -OCH3 is 1. The Morgan fingerprint density at radius 2 is 1.88 bits per heavy atom. The molecular formula is C24H25ClN6O2S. The fourth-order valence-electron chi connectivity index (χ4n) is 3.47. The van der Waals surface area contributed by atoms with E-state index in [1.165, 1.54) is 11.8 Å². The zero-order valence-electron chi connectivity index (χ0n) is 18.9. The summed E-state index contributed by atoms with van der Waals surface area (Å²) < 4.78 is 8.91. The van der Waals surface area contributed by atoms with E-state index < -0.39 is 0 Å². The summed E-state index contributed by atoms with van der Waals surface area (Å²) in [6, 6.07) is 19.0. The Morgan fingerprint density at radius 3 is 2.65 bits per heavy atom. The number of aryl methyl sites for hydroxylation is 1. The van der Waals surface area contributed by atoms with Crippen molar-refractivity contribution in [3.8, 4) is 17.1 Å². The zero-order valence-corrected chi connectivity index (χ0v) is 20.5. The molecule has 0 spiro atoms. The standard InChI is InChI=1S/C24H25ClN6O2S/c1-17-15-21(31(29-17)18-9-4-3-5-10-18)26-22(32)16-34-24-28-27-23(30(24)13-8-14-33-2)19-11-6-7-12-20(19)25/h3-7,9-12,15H,8,13-14,16H2,1-2H3,(H,26,32). The number of nitrogens with zero attached hydrogens (tertiary/aromatic N) is 5. The highest BCUT2D eigenvalue weighted by Gasteiger charge is 2.18. The lowest BCUT2D eigenvalue weighted by Gasteiger charge is -2.11. The molecule has 0 saturated carbocycles. The van der Waals surface area contributed by atoms with Crippen LogP contribution in [0.2, 0.25) is 5.02 Å². The molecule has 176 valence electrons. The highest BCUT2D eigenvalue weighted by molar-refractivity contribution is 7.99. The number of halogens is 1. The van der Waals surface area contributed by atoms with Gasteiger partial charge in [-0.15, -0.1) is 10.2 Å². The Hall–Kier alpha value is -3.14. The van der Waals surface area contributed by atoms with E-state index in [0.29, 0.717) is 35.0 Å². The number of nitrogens with one attached hydrogen (secondary N) is 1. The minimum absolute atomic E-state index is 0.159. The maximum Gasteiger partial charge on any atom is 0.236 e. The molecule has 0 aliphatic rings. The molecule has 34 heavy (non-hydrogen) atoms. The molecule has 0 bridgehead atoms. The van der Waals surface area contributed by atoms with Gasteiger partial charge in [-0.2, -0.15) is 5.10 Å². The summed E-state index contributed by atoms with van der Waals surface area (Å²) in [5.41, 5.74) is 2.49. The van der Waals surface area contributed by atoms with Gasteiger partial charge in [0.25, 0.3) is 0 Å². The number of ether oxygens (including phenoxy) is 1. The summed E-state index contributed by atoms with van der Waals surface area (Å²) in [4.78, 5) is 12.8. The molecule has 0 radical (unpaired) electrons. The number of para-hydroxylation sites is 1. The summed E-state index contributed by atoms with van der Waals surface area (Å²) in [6.07, 6.45) is 0.779. The Morgan fingerprint density at radius 1 is 1.12 bits per heavy atom. The number of amides is 1. The first kappa shape index (κ1) is 24.0. The number of carbonyl (C=O) groups is 1. The molecule has 2 heterocycles. The van der Waals surface area contributed by atoms with Crippen LogP contribution in [0.15, 0.2) is 65.8 Å². The first-order valence-corrected chi connectivity index (χ1v) is 12.1. The van der Waals surface area contributed by atoms with Crippen LogP contribution in [0, 0.1) is 6.92 Å². The van der Waals surface area contributed by atoms with Crippen LogP contribution in [0.1, 0.15) is 12.1 Å². The molecule has 8 nitrogen and oxygen atoms in total. The summed E-state index contributed by atoms with van der Waals surface area (Å²) in [5, 5.41) is 17.4. The van der Waals surface area contributed by atoms with Crippen molar-refractivity contribution in [2.24, 2.45) is 0 Å². The third-order valence-corrected chi connectivity index (χ3v) is 6.29. The molecule has 0 unspecified atom stereocenters. The van der Waals surface area contributed by atoms with Gasteiger partial charge in [-0.1, -0.05) is 53.7 Å². The number of thioether (sulfide) groups is 1. The second-order valence-corrected chi connectivity index (χ2v) is 8.89. The Labute approximate surface area is 207 Å². The van der Waals surface area contributed by atoms with Gasteiger partial charge in [-0.25, -0.2) is 4.68 Å². The normalized spacial score (nSPS) is 11.0. The van der Waals surface area contributed by atoms with Gasteiger partial charge < -0.3 is 14.6 Å². The van der Waals surface area contributed by atoms with Crippen LogP contribution in [0.25, 0.3) is 17.1 Å². The summed E-state index contributed by atoms with van der Waals surface area (Å²) in [5.74, 6) is 1.30. The molecular weight excluding hydrogens is 472 g/mol. The van der Waals surface area contributed by atoms with E-state index in [1.807, 2.05) is 72.2 Å². The summed E-state index contributed by atoms with van der Waals surface area (Å²) >= 11 is 7.73. The fraction of sp³-hybridized carbons (Fsp3) is 0.250. The second kappa shape index (κ2) is 11.3. The lowest BCUT2D eigenvalue weighted by atomic mass is 10.2. The van der Waals surface area contributed by atoms with E-state index in [0.717, 1.165) is 23.4 Å². The SMILES string of the molecule is COCCCn1c(SCC(=O)Nc2cc(C)nn2-c2ccccc2)nnc1-c1ccccc1Cl. The molecule has 2 aromatic heterocycles. The highest BCUT2D eigenvalue weighted by Crippen LogP contribution is 2.29. The van der Waals surface area contributed by atoms with Crippen molar-refractivity contribution in [1.82, 2.24) is 24.5 Å². The van der Waals surface area contributed by atoms with Crippen LogP contribution in [-0.4, -0.2) is 49.9 Å². The van der Waals surface area contributed by atoms with E-state index in [-0.39, 0.29) is 11.7 Å². The lowest BCUT2D eigenvalue weighted by molar-refractivity contribution is -0.113. The van der Waals surface area contributed by atoms with Gasteiger partial charge in [0.1, 0.15) is 5.82 Å². The molecule has 10 heteroatoms. The molecule has 0 saturated heterocycles. The van der Waals surface area contributed by atoms with Crippen LogP contribution in [0.3, 0.4) is 0 Å². The van der Waals surface area contributed by atoms with Crippen molar-refractivity contribution >= 4 is 35.1 Å². The average molecular weight is 497 g/mol. The van der Waals surface area contributed by atoms with Gasteiger partial charge in [0.2, 0.25) is 5.91 Å². The first-order valence-electron chi connectivity index (χ1n) is 10.8. The van der Waals surface area contributed by atoms with E-state index in [2.05, 4.69) is 20.6 Å². The topological polar surface area (TPSA) is 86.9 Å². The molecule has 0 aliphatic carbocycles. The molecule has 4 rings (SSSR count). The predicted molar refractivity (Wildman–Crippen MR) is 135 cm³/mol. The number of benzene rings is 2. The summed E-state index contributed by atoms with van der Waals surface area (Å²) in [6.45, 7) is 3.14. The number of anilines is 1. The smallest absolute Gasteiger partial charge is 0.236 e. The Balaban J connectivity index is 1.49. The minimum Gasteiger partial charge on any atom is -0.385 e. The van der Waals surface area contributed by atoms with Crippen LogP contribution in [0.4, 0.5) is 5.82 Å². The van der Waals surface area contributed by atoms with E-state index in [9.17, 15) is 4.79 Å². The summed E-state index contributed by atoms with van der Waals surface area (Å²) in [7, 11) is 1.67. The van der Waals surface area contributed by atoms with Gasteiger partial charge in [0.05, 0.1) is 22.2 Å². The molecule has 4 aromatic rings. The van der Waals surface area contributed by atoms with Crippen molar-refractivity contribution in [1.29, 1.82) is 0 Å². The molecule has 1 N–H and O–H groups in total. The number of hydrogen-bond acceptors (Lipinski definition) is 6. The average Bonchev–Trinajstić information content (AvgIpc) is 3.41. The quantitative estimate of drug-likeness (QED) is 0.249. The predicted octanol–water partition coefficient (Wildman–Crippen LogP) is 4.86. The van der Waals surface area contributed by atoms with Crippen LogP contribution < -0.4 is 5.32 Å².